The SMILES string of the molecule is c1ccc(-n2c3ccccc3c3cc(-c4ccc(-c5ccc(-c6ccc(-c7ccc(-c8ccc9c(c8)c8ccccc8n9-c8ccccc8)cc7)s6)s5)cc4)ccc32)cc1. The molecule has 12 aromatic rings. The first-order valence-electron chi connectivity index (χ1n) is 20.3. The Morgan fingerprint density at radius 2 is 0.567 bits per heavy atom. The van der Waals surface area contributed by atoms with E-state index in [-0.39, 0.29) is 0 Å². The molecule has 4 heteroatoms. The van der Waals surface area contributed by atoms with Gasteiger partial charge in [-0.3, -0.25) is 0 Å². The van der Waals surface area contributed by atoms with Crippen LogP contribution in [0.2, 0.25) is 0 Å². The Kier molecular flexibility index (Phi) is 8.25. The summed E-state index contributed by atoms with van der Waals surface area (Å²) in [6, 6.07) is 79.7. The summed E-state index contributed by atoms with van der Waals surface area (Å²) in [5.74, 6) is 0. The van der Waals surface area contributed by atoms with Crippen LogP contribution in [0.3, 0.4) is 0 Å². The highest BCUT2D eigenvalue weighted by Crippen LogP contribution is 2.42. The van der Waals surface area contributed by atoms with E-state index in [0.717, 1.165) is 0 Å². The minimum absolute atomic E-state index is 1.18. The first kappa shape index (κ1) is 34.8. The summed E-state index contributed by atoms with van der Waals surface area (Å²) in [5.41, 5.74) is 14.6. The molecular weight excluding hydrogens is 765 g/mol. The van der Waals surface area contributed by atoms with E-state index in [1.807, 2.05) is 22.7 Å². The fraction of sp³-hybridized carbons (Fsp3) is 0. The Labute approximate surface area is 356 Å². The molecule has 0 amide bonds. The quantitative estimate of drug-likeness (QED) is 0.152. The van der Waals surface area contributed by atoms with Gasteiger partial charge in [-0.15, -0.1) is 22.7 Å². The number of aromatic nitrogens is 2. The molecule has 0 fully saturated rings. The van der Waals surface area contributed by atoms with Gasteiger partial charge in [0.2, 0.25) is 0 Å². The highest BCUT2D eigenvalue weighted by molar-refractivity contribution is 7.25. The molecule has 12 rings (SSSR count). The average molecular weight is 801 g/mol. The molecule has 4 aromatic heterocycles. The Hall–Kier alpha value is -7.24. The van der Waals surface area contributed by atoms with E-state index in [1.54, 1.807) is 0 Å². The van der Waals surface area contributed by atoms with E-state index in [0.29, 0.717) is 0 Å². The summed E-state index contributed by atoms with van der Waals surface area (Å²) in [7, 11) is 0. The second kappa shape index (κ2) is 14.2. The van der Waals surface area contributed by atoms with Gasteiger partial charge in [0.05, 0.1) is 22.1 Å². The van der Waals surface area contributed by atoms with E-state index in [2.05, 4.69) is 228 Å². The van der Waals surface area contributed by atoms with Crippen molar-refractivity contribution in [3.05, 3.63) is 218 Å². The van der Waals surface area contributed by atoms with Gasteiger partial charge in [0.1, 0.15) is 0 Å². The van der Waals surface area contributed by atoms with Crippen LogP contribution in [0.5, 0.6) is 0 Å². The van der Waals surface area contributed by atoms with Gasteiger partial charge < -0.3 is 9.13 Å². The van der Waals surface area contributed by atoms with Crippen LogP contribution < -0.4 is 0 Å². The summed E-state index contributed by atoms with van der Waals surface area (Å²) in [4.78, 5) is 5.15. The van der Waals surface area contributed by atoms with Crippen LogP contribution in [0.1, 0.15) is 0 Å². The van der Waals surface area contributed by atoms with Crippen LogP contribution in [0, 0.1) is 0 Å². The van der Waals surface area contributed by atoms with Crippen molar-refractivity contribution in [2.45, 2.75) is 0 Å². The van der Waals surface area contributed by atoms with Gasteiger partial charge in [0.25, 0.3) is 0 Å². The van der Waals surface area contributed by atoms with Crippen LogP contribution in [-0.2, 0) is 0 Å². The maximum absolute atomic E-state index is 2.37. The fourth-order valence-electron chi connectivity index (χ4n) is 8.92. The standard InChI is InChI=1S/C56H36N2S2/c1-3-11-43(12-4-1)57-49-17-9-7-15-45(49)47-35-41(27-29-51(47)57)37-19-23-39(24-20-37)53-31-33-55(59-53)56-34-32-54(60-56)40-25-21-38(22-26-40)42-28-30-52-48(36-42)46-16-8-10-18-50(46)58(52)44-13-5-2-6-14-44/h1-36H. The first-order chi connectivity index (χ1) is 29.7. The topological polar surface area (TPSA) is 9.86 Å². The Morgan fingerprint density at radius 1 is 0.233 bits per heavy atom. The van der Waals surface area contributed by atoms with E-state index in [1.165, 1.54) is 108 Å². The monoisotopic (exact) mass is 800 g/mol. The van der Waals surface area contributed by atoms with Crippen molar-refractivity contribution in [2.24, 2.45) is 0 Å². The number of hydrogen-bond donors (Lipinski definition) is 0. The van der Waals surface area contributed by atoms with E-state index < -0.39 is 0 Å². The van der Waals surface area contributed by atoms with Crippen molar-refractivity contribution in [3.63, 3.8) is 0 Å². The van der Waals surface area contributed by atoms with Crippen molar-refractivity contribution in [3.8, 4) is 64.3 Å². The largest absolute Gasteiger partial charge is 0.309 e. The predicted molar refractivity (Wildman–Crippen MR) is 258 cm³/mol. The smallest absolute Gasteiger partial charge is 0.0541 e. The van der Waals surface area contributed by atoms with E-state index >= 15 is 0 Å². The third-order valence-electron chi connectivity index (χ3n) is 11.8. The van der Waals surface area contributed by atoms with E-state index in [4.69, 9.17) is 0 Å². The van der Waals surface area contributed by atoms with Gasteiger partial charge in [-0.2, -0.15) is 0 Å². The number of rotatable bonds is 7. The van der Waals surface area contributed by atoms with Gasteiger partial charge in [-0.25, -0.2) is 0 Å². The molecule has 4 heterocycles. The zero-order valence-electron chi connectivity index (χ0n) is 32.5. The lowest BCUT2D eigenvalue weighted by Crippen LogP contribution is -1.92. The van der Waals surface area contributed by atoms with Crippen molar-refractivity contribution in [1.29, 1.82) is 0 Å². The van der Waals surface area contributed by atoms with Crippen LogP contribution in [0.25, 0.3) is 108 Å². The summed E-state index contributed by atoms with van der Waals surface area (Å²) < 4.78 is 4.74. The van der Waals surface area contributed by atoms with Crippen molar-refractivity contribution < 1.29 is 0 Å². The summed E-state index contributed by atoms with van der Waals surface area (Å²) in [5, 5.41) is 5.08. The Bertz CT molecular complexity index is 3270. The molecule has 8 aromatic carbocycles. The molecule has 0 saturated carbocycles. The highest BCUT2D eigenvalue weighted by Gasteiger charge is 2.16. The van der Waals surface area contributed by atoms with Gasteiger partial charge >= 0.3 is 0 Å². The lowest BCUT2D eigenvalue weighted by molar-refractivity contribution is 1.18. The number of para-hydroxylation sites is 4. The third-order valence-corrected chi connectivity index (χ3v) is 14.3. The normalized spacial score (nSPS) is 11.7. The number of nitrogens with zero attached hydrogens (tertiary/aromatic N) is 2. The predicted octanol–water partition coefficient (Wildman–Crippen LogP) is 16.3. The molecule has 0 aliphatic carbocycles. The molecule has 0 spiro atoms. The van der Waals surface area contributed by atoms with Crippen LogP contribution in [0.4, 0.5) is 0 Å². The molecule has 282 valence electrons. The van der Waals surface area contributed by atoms with E-state index in [9.17, 15) is 0 Å². The second-order valence-corrected chi connectivity index (χ2v) is 17.5. The summed E-state index contributed by atoms with van der Waals surface area (Å²) >= 11 is 3.72. The molecule has 0 bridgehead atoms. The zero-order valence-corrected chi connectivity index (χ0v) is 34.1. The van der Waals surface area contributed by atoms with Gasteiger partial charge in [0.15, 0.2) is 0 Å². The average Bonchev–Trinajstić information content (AvgIpc) is 4.14. The molecule has 60 heavy (non-hydrogen) atoms. The van der Waals surface area contributed by atoms with Crippen LogP contribution in [-0.4, -0.2) is 9.13 Å². The molecule has 0 atom stereocenters. The number of hydrogen-bond acceptors (Lipinski definition) is 2. The molecule has 0 unspecified atom stereocenters. The minimum atomic E-state index is 1.18. The van der Waals surface area contributed by atoms with Gasteiger partial charge in [0, 0.05) is 52.4 Å². The lowest BCUT2D eigenvalue weighted by Gasteiger charge is -2.08. The molecule has 0 radical (unpaired) electrons. The molecule has 2 nitrogen and oxygen atoms in total. The molecule has 0 saturated heterocycles. The summed E-state index contributed by atoms with van der Waals surface area (Å²) in [6.07, 6.45) is 0. The van der Waals surface area contributed by atoms with Gasteiger partial charge in [-0.05, 0) is 118 Å². The lowest BCUT2D eigenvalue weighted by atomic mass is 10.0. The fourth-order valence-corrected chi connectivity index (χ4v) is 11.0. The molecular formula is C56H36N2S2. The van der Waals surface area contributed by atoms with Crippen molar-refractivity contribution in [2.75, 3.05) is 0 Å². The molecule has 0 N–H and O–H groups in total. The third kappa shape index (κ3) is 5.84. The van der Waals surface area contributed by atoms with Crippen molar-refractivity contribution in [1.82, 2.24) is 9.13 Å². The first-order valence-corrected chi connectivity index (χ1v) is 22.0. The van der Waals surface area contributed by atoms with Crippen LogP contribution in [0.15, 0.2) is 218 Å². The maximum atomic E-state index is 2.37. The number of fused-ring (bicyclic) bond motifs is 6. The summed E-state index contributed by atoms with van der Waals surface area (Å²) in [6.45, 7) is 0. The number of benzene rings is 8. The zero-order chi connectivity index (χ0) is 39.6. The Morgan fingerprint density at radius 3 is 1.00 bits per heavy atom. The molecule has 0 aliphatic heterocycles. The molecule has 0 aliphatic rings. The maximum Gasteiger partial charge on any atom is 0.0541 e. The Balaban J connectivity index is 0.787. The van der Waals surface area contributed by atoms with Crippen molar-refractivity contribution >= 4 is 66.3 Å². The highest BCUT2D eigenvalue weighted by atomic mass is 32.1. The van der Waals surface area contributed by atoms with Gasteiger partial charge in [-0.1, -0.05) is 133 Å². The number of thiophene rings is 2. The second-order valence-electron chi connectivity index (χ2n) is 15.3. The van der Waals surface area contributed by atoms with Crippen LogP contribution >= 0.6 is 22.7 Å². The minimum Gasteiger partial charge on any atom is -0.309 e.